The van der Waals surface area contributed by atoms with E-state index in [9.17, 15) is 4.79 Å². The first kappa shape index (κ1) is 13.6. The van der Waals surface area contributed by atoms with Crippen LogP contribution in [0.3, 0.4) is 0 Å². The molecule has 0 saturated heterocycles. The Hall–Kier alpha value is -2.40. The maximum atomic E-state index is 12.6. The summed E-state index contributed by atoms with van der Waals surface area (Å²) in [5.74, 6) is 0.567. The molecule has 4 nitrogen and oxygen atoms in total. The summed E-state index contributed by atoms with van der Waals surface area (Å²) in [6.45, 7) is 1.90. The number of anilines is 1. The van der Waals surface area contributed by atoms with Crippen LogP contribution < -0.4 is 4.90 Å². The van der Waals surface area contributed by atoms with Gasteiger partial charge in [0.1, 0.15) is 5.69 Å². The van der Waals surface area contributed by atoms with Gasteiger partial charge < -0.3 is 9.32 Å². The van der Waals surface area contributed by atoms with Gasteiger partial charge in [-0.3, -0.25) is 4.79 Å². The van der Waals surface area contributed by atoms with E-state index in [0.717, 1.165) is 15.6 Å². The van der Waals surface area contributed by atoms with E-state index in [1.807, 2.05) is 49.4 Å². The summed E-state index contributed by atoms with van der Waals surface area (Å²) in [6, 6.07) is 13.2. The van der Waals surface area contributed by atoms with Gasteiger partial charge in [-0.15, -0.1) is 11.3 Å². The summed E-state index contributed by atoms with van der Waals surface area (Å²) in [5.41, 5.74) is 1.31. The third-order valence-corrected chi connectivity index (χ3v) is 4.16. The minimum Gasteiger partial charge on any atom is -0.462 e. The van der Waals surface area contributed by atoms with Crippen molar-refractivity contribution in [2.24, 2.45) is 0 Å². The first-order chi connectivity index (χ1) is 10.2. The maximum Gasteiger partial charge on any atom is 0.277 e. The van der Waals surface area contributed by atoms with E-state index in [4.69, 9.17) is 4.42 Å². The molecule has 2 aromatic heterocycles. The highest BCUT2D eigenvalue weighted by atomic mass is 32.1. The Labute approximate surface area is 126 Å². The SMILES string of the molecule is Cc1sc(-c2ccco2)nc1C(=O)N(C)c1ccccc1. The molecule has 3 rings (SSSR count). The van der Waals surface area contributed by atoms with Crippen LogP contribution in [0.4, 0.5) is 5.69 Å². The van der Waals surface area contributed by atoms with Crippen molar-refractivity contribution < 1.29 is 9.21 Å². The number of aryl methyl sites for hydroxylation is 1. The molecule has 0 radical (unpaired) electrons. The lowest BCUT2D eigenvalue weighted by Crippen LogP contribution is -2.27. The van der Waals surface area contributed by atoms with Crippen LogP contribution in [-0.2, 0) is 0 Å². The molecule has 0 aliphatic heterocycles. The average Bonchev–Trinajstić information content (AvgIpc) is 3.16. The van der Waals surface area contributed by atoms with E-state index in [2.05, 4.69) is 4.98 Å². The predicted molar refractivity (Wildman–Crippen MR) is 83.7 cm³/mol. The van der Waals surface area contributed by atoms with Crippen LogP contribution in [0.2, 0.25) is 0 Å². The second-order valence-electron chi connectivity index (χ2n) is 4.60. The van der Waals surface area contributed by atoms with E-state index in [1.54, 1.807) is 18.2 Å². The van der Waals surface area contributed by atoms with Gasteiger partial charge in [0.2, 0.25) is 0 Å². The predicted octanol–water partition coefficient (Wildman–Crippen LogP) is 3.99. The number of benzene rings is 1. The topological polar surface area (TPSA) is 46.3 Å². The molecule has 0 aliphatic carbocycles. The van der Waals surface area contributed by atoms with Crippen molar-refractivity contribution in [2.45, 2.75) is 6.92 Å². The zero-order valence-electron chi connectivity index (χ0n) is 11.7. The number of rotatable bonds is 3. The van der Waals surface area contributed by atoms with E-state index in [0.29, 0.717) is 11.5 Å². The van der Waals surface area contributed by atoms with Crippen molar-refractivity contribution in [3.63, 3.8) is 0 Å². The number of para-hydroxylation sites is 1. The molecular formula is C16H14N2O2S. The summed E-state index contributed by atoms with van der Waals surface area (Å²) in [5, 5.41) is 0.724. The van der Waals surface area contributed by atoms with Crippen molar-refractivity contribution in [3.05, 3.63) is 59.3 Å². The first-order valence-corrected chi connectivity index (χ1v) is 7.33. The molecule has 1 amide bonds. The summed E-state index contributed by atoms with van der Waals surface area (Å²) in [6.07, 6.45) is 1.60. The van der Waals surface area contributed by atoms with Crippen molar-refractivity contribution >= 4 is 22.9 Å². The van der Waals surface area contributed by atoms with Crippen molar-refractivity contribution in [3.8, 4) is 10.8 Å². The summed E-state index contributed by atoms with van der Waals surface area (Å²) in [4.78, 5) is 19.5. The fraction of sp³-hybridized carbons (Fsp3) is 0.125. The Kier molecular flexibility index (Phi) is 3.58. The van der Waals surface area contributed by atoms with E-state index in [1.165, 1.54) is 11.3 Å². The minimum absolute atomic E-state index is 0.118. The van der Waals surface area contributed by atoms with E-state index in [-0.39, 0.29) is 5.91 Å². The van der Waals surface area contributed by atoms with Gasteiger partial charge in [0.05, 0.1) is 6.26 Å². The molecule has 2 heterocycles. The second-order valence-corrected chi connectivity index (χ2v) is 5.80. The lowest BCUT2D eigenvalue weighted by Gasteiger charge is -2.16. The lowest BCUT2D eigenvalue weighted by molar-refractivity contribution is 0.0988. The van der Waals surface area contributed by atoms with Crippen molar-refractivity contribution in [1.82, 2.24) is 4.98 Å². The smallest absolute Gasteiger partial charge is 0.277 e. The van der Waals surface area contributed by atoms with Crippen molar-refractivity contribution in [2.75, 3.05) is 11.9 Å². The molecule has 0 saturated carbocycles. The molecule has 21 heavy (non-hydrogen) atoms. The number of amides is 1. The molecule has 0 N–H and O–H groups in total. The van der Waals surface area contributed by atoms with Gasteiger partial charge in [-0.1, -0.05) is 18.2 Å². The molecule has 3 aromatic rings. The summed E-state index contributed by atoms with van der Waals surface area (Å²) in [7, 11) is 1.75. The first-order valence-electron chi connectivity index (χ1n) is 6.51. The number of furan rings is 1. The number of nitrogens with zero attached hydrogens (tertiary/aromatic N) is 2. The van der Waals surface area contributed by atoms with Crippen LogP contribution in [0.5, 0.6) is 0 Å². The molecule has 1 aromatic carbocycles. The average molecular weight is 298 g/mol. The Balaban J connectivity index is 1.92. The Morgan fingerprint density at radius 2 is 1.95 bits per heavy atom. The van der Waals surface area contributed by atoms with Gasteiger partial charge in [0, 0.05) is 17.6 Å². The molecule has 5 heteroatoms. The minimum atomic E-state index is -0.118. The Morgan fingerprint density at radius 3 is 2.62 bits per heavy atom. The number of aromatic nitrogens is 1. The third-order valence-electron chi connectivity index (χ3n) is 3.18. The van der Waals surface area contributed by atoms with Gasteiger partial charge in [-0.2, -0.15) is 0 Å². The van der Waals surface area contributed by atoms with E-state index >= 15 is 0 Å². The zero-order chi connectivity index (χ0) is 14.8. The van der Waals surface area contributed by atoms with Gasteiger partial charge in [-0.05, 0) is 31.2 Å². The fourth-order valence-corrected chi connectivity index (χ4v) is 2.90. The number of hydrogen-bond donors (Lipinski definition) is 0. The number of hydrogen-bond acceptors (Lipinski definition) is 4. The maximum absolute atomic E-state index is 12.6. The molecular weight excluding hydrogens is 284 g/mol. The van der Waals surface area contributed by atoms with Gasteiger partial charge >= 0.3 is 0 Å². The van der Waals surface area contributed by atoms with Crippen LogP contribution in [0.25, 0.3) is 10.8 Å². The normalized spacial score (nSPS) is 10.6. The Morgan fingerprint density at radius 1 is 1.19 bits per heavy atom. The molecule has 0 fully saturated rings. The van der Waals surface area contributed by atoms with Gasteiger partial charge in [0.25, 0.3) is 5.91 Å². The molecule has 0 bridgehead atoms. The number of thiazole rings is 1. The summed E-state index contributed by atoms with van der Waals surface area (Å²) < 4.78 is 5.34. The standard InChI is InChI=1S/C16H14N2O2S/c1-11-14(17-15(21-11)13-9-6-10-20-13)16(19)18(2)12-7-4-3-5-8-12/h3-10H,1-2H3. The van der Waals surface area contributed by atoms with Crippen LogP contribution in [0.1, 0.15) is 15.4 Å². The zero-order valence-corrected chi connectivity index (χ0v) is 12.6. The van der Waals surface area contributed by atoms with Crippen LogP contribution in [-0.4, -0.2) is 17.9 Å². The molecule has 0 unspecified atom stereocenters. The molecule has 0 atom stereocenters. The van der Waals surface area contributed by atoms with Crippen LogP contribution in [0.15, 0.2) is 53.1 Å². The monoisotopic (exact) mass is 298 g/mol. The van der Waals surface area contributed by atoms with E-state index < -0.39 is 0 Å². The summed E-state index contributed by atoms with van der Waals surface area (Å²) >= 11 is 1.46. The number of carbonyl (C=O) groups excluding carboxylic acids is 1. The highest BCUT2D eigenvalue weighted by Crippen LogP contribution is 2.29. The Bertz CT molecular complexity index is 748. The second kappa shape index (κ2) is 5.54. The number of carbonyl (C=O) groups is 1. The van der Waals surface area contributed by atoms with Crippen LogP contribution in [0, 0.1) is 6.92 Å². The lowest BCUT2D eigenvalue weighted by atomic mass is 10.2. The third kappa shape index (κ3) is 2.60. The highest BCUT2D eigenvalue weighted by molar-refractivity contribution is 7.15. The molecule has 0 spiro atoms. The highest BCUT2D eigenvalue weighted by Gasteiger charge is 2.21. The van der Waals surface area contributed by atoms with Gasteiger partial charge in [-0.25, -0.2) is 4.98 Å². The quantitative estimate of drug-likeness (QED) is 0.734. The van der Waals surface area contributed by atoms with Crippen LogP contribution >= 0.6 is 11.3 Å². The molecule has 106 valence electrons. The largest absolute Gasteiger partial charge is 0.462 e. The fourth-order valence-electron chi connectivity index (χ4n) is 2.03. The van der Waals surface area contributed by atoms with Gasteiger partial charge in [0.15, 0.2) is 10.8 Å². The van der Waals surface area contributed by atoms with Crippen molar-refractivity contribution in [1.29, 1.82) is 0 Å². The molecule has 0 aliphatic rings.